The molecule has 134 valence electrons. The molecule has 1 aliphatic heterocycles. The second kappa shape index (κ2) is 4.68. The monoisotopic (exact) mass is 341 g/mol. The average molecular weight is 341 g/mol. The van der Waals surface area contributed by atoms with Crippen molar-refractivity contribution in [3.05, 3.63) is 45.3 Å². The molecule has 2 heterocycles. The maximum Gasteiger partial charge on any atom is 0.348 e. The Morgan fingerprint density at radius 3 is 2.44 bits per heavy atom. The van der Waals surface area contributed by atoms with E-state index in [1.54, 1.807) is 13.9 Å². The molecule has 2 fully saturated rings. The summed E-state index contributed by atoms with van der Waals surface area (Å²) in [5.74, 6) is 0.607. The van der Waals surface area contributed by atoms with E-state index in [0.717, 1.165) is 25.7 Å². The van der Waals surface area contributed by atoms with Gasteiger partial charge in [0.15, 0.2) is 0 Å². The number of aromatic nitrogens is 3. The van der Waals surface area contributed by atoms with Gasteiger partial charge in [0.05, 0.1) is 12.1 Å². The van der Waals surface area contributed by atoms with Crippen molar-refractivity contribution in [1.82, 2.24) is 13.9 Å². The summed E-state index contributed by atoms with van der Waals surface area (Å²) in [6, 6.07) is -0.0997. The fraction of sp³-hybridized carbons (Fsp3) is 0.700. The third kappa shape index (κ3) is 1.69. The molecule has 5 unspecified atom stereocenters. The Kier molecular flexibility index (Phi) is 2.90. The fourth-order valence-electron chi connectivity index (χ4n) is 6.15. The molecule has 4 aliphatic rings. The van der Waals surface area contributed by atoms with Gasteiger partial charge in [0.2, 0.25) is 0 Å². The van der Waals surface area contributed by atoms with Crippen LogP contribution in [0.15, 0.2) is 33.9 Å². The molecule has 5 rings (SSSR count). The minimum absolute atomic E-state index is 0.00190. The van der Waals surface area contributed by atoms with Crippen LogP contribution in [0.4, 0.5) is 0 Å². The fourth-order valence-corrected chi connectivity index (χ4v) is 6.15. The van der Waals surface area contributed by atoms with Gasteiger partial charge in [-0.3, -0.25) is 0 Å². The molecule has 5 heteroatoms. The first kappa shape index (κ1) is 15.5. The first-order chi connectivity index (χ1) is 11.9. The highest BCUT2D eigenvalue weighted by Crippen LogP contribution is 2.69. The third-order valence-electron chi connectivity index (χ3n) is 8.19. The Morgan fingerprint density at radius 1 is 1.00 bits per heavy atom. The first-order valence-corrected chi connectivity index (χ1v) is 9.67. The molecule has 0 amide bonds. The molecular weight excluding hydrogens is 314 g/mol. The molecule has 2 saturated carbocycles. The van der Waals surface area contributed by atoms with Gasteiger partial charge in [-0.1, -0.05) is 45.1 Å². The van der Waals surface area contributed by atoms with Crippen molar-refractivity contribution in [1.29, 1.82) is 0 Å². The molecule has 1 aromatic heterocycles. The molecule has 0 saturated heterocycles. The summed E-state index contributed by atoms with van der Waals surface area (Å²) in [7, 11) is 0. The van der Waals surface area contributed by atoms with Gasteiger partial charge in [0.1, 0.15) is 0 Å². The number of fused-ring (bicyclic) bond motifs is 7. The summed E-state index contributed by atoms with van der Waals surface area (Å²) in [5, 5.41) is 0. The van der Waals surface area contributed by atoms with Crippen LogP contribution in [0.1, 0.15) is 71.0 Å². The minimum Gasteiger partial charge on any atom is -0.246 e. The van der Waals surface area contributed by atoms with Crippen LogP contribution in [0.5, 0.6) is 0 Å². The molecule has 0 N–H and O–H groups in total. The van der Waals surface area contributed by atoms with Crippen molar-refractivity contribution < 1.29 is 0 Å². The van der Waals surface area contributed by atoms with Gasteiger partial charge in [-0.2, -0.15) is 0 Å². The van der Waals surface area contributed by atoms with E-state index in [-0.39, 0.29) is 40.3 Å². The Labute approximate surface area is 147 Å². The van der Waals surface area contributed by atoms with Gasteiger partial charge >= 0.3 is 11.4 Å². The topological polar surface area (TPSA) is 48.9 Å². The molecule has 3 aliphatic carbocycles. The van der Waals surface area contributed by atoms with Gasteiger partial charge in [0.25, 0.3) is 0 Å². The van der Waals surface area contributed by atoms with E-state index in [0.29, 0.717) is 5.92 Å². The Morgan fingerprint density at radius 2 is 1.76 bits per heavy atom. The largest absolute Gasteiger partial charge is 0.348 e. The number of nitrogens with zero attached hydrogens (tertiary/aromatic N) is 3. The minimum atomic E-state index is -0.127. The summed E-state index contributed by atoms with van der Waals surface area (Å²) < 4.78 is 5.05. The highest BCUT2D eigenvalue weighted by molar-refractivity contribution is 5.16. The predicted molar refractivity (Wildman–Crippen MR) is 96.8 cm³/mol. The number of hydrogen-bond donors (Lipinski definition) is 0. The second-order valence-electron chi connectivity index (χ2n) is 9.20. The highest BCUT2D eigenvalue weighted by Gasteiger charge is 2.62. The van der Waals surface area contributed by atoms with E-state index in [1.807, 2.05) is 0 Å². The van der Waals surface area contributed by atoms with Gasteiger partial charge in [-0.05, 0) is 48.9 Å². The molecule has 4 bridgehead atoms. The van der Waals surface area contributed by atoms with Gasteiger partial charge in [0, 0.05) is 6.04 Å². The number of allylic oxidation sites excluding steroid dienone is 4. The van der Waals surface area contributed by atoms with Crippen LogP contribution in [0, 0.1) is 16.7 Å². The van der Waals surface area contributed by atoms with Crippen molar-refractivity contribution in [2.75, 3.05) is 0 Å². The quantitative estimate of drug-likeness (QED) is 0.737. The second-order valence-corrected chi connectivity index (χ2v) is 9.20. The summed E-state index contributed by atoms with van der Waals surface area (Å²) in [6.45, 7) is 6.95. The standard InChI is InChI=1S/C20H27N3O2/c1-19(2)13-10-11-20(19,3)16(12-13)21-17(24)22-14-6-4-5-7-15(9-8-14)23(22)18(21)25/h4,6,8-9,13-16H,5,7,10-12H2,1-3H3/b6-4-. The lowest BCUT2D eigenvalue weighted by Gasteiger charge is -2.38. The van der Waals surface area contributed by atoms with Gasteiger partial charge in [-0.25, -0.2) is 23.5 Å². The van der Waals surface area contributed by atoms with Gasteiger partial charge in [-0.15, -0.1) is 0 Å². The van der Waals surface area contributed by atoms with Gasteiger partial charge < -0.3 is 0 Å². The van der Waals surface area contributed by atoms with E-state index >= 15 is 0 Å². The predicted octanol–water partition coefficient (Wildman–Crippen LogP) is 3.20. The molecule has 5 nitrogen and oxygen atoms in total. The normalized spacial score (nSPS) is 41.6. The lowest BCUT2D eigenvalue weighted by Crippen LogP contribution is -2.42. The maximum absolute atomic E-state index is 13.4. The zero-order valence-electron chi connectivity index (χ0n) is 15.3. The Balaban J connectivity index is 1.72. The Bertz CT molecular complexity index is 912. The molecule has 5 atom stereocenters. The average Bonchev–Trinajstić information content (AvgIpc) is 2.99. The van der Waals surface area contributed by atoms with Crippen LogP contribution >= 0.6 is 0 Å². The van der Waals surface area contributed by atoms with E-state index < -0.39 is 0 Å². The Hall–Kier alpha value is -1.78. The molecule has 0 aromatic carbocycles. The van der Waals surface area contributed by atoms with Crippen LogP contribution in [-0.4, -0.2) is 13.9 Å². The van der Waals surface area contributed by atoms with Crippen molar-refractivity contribution in [2.45, 2.75) is 71.0 Å². The smallest absolute Gasteiger partial charge is 0.246 e. The summed E-state index contributed by atoms with van der Waals surface area (Å²) in [6.07, 6.45) is 13.5. The van der Waals surface area contributed by atoms with E-state index in [2.05, 4.69) is 45.1 Å². The third-order valence-corrected chi connectivity index (χ3v) is 8.19. The van der Waals surface area contributed by atoms with E-state index in [4.69, 9.17) is 0 Å². The summed E-state index contributed by atoms with van der Waals surface area (Å²) >= 11 is 0. The van der Waals surface area contributed by atoms with Crippen LogP contribution in [-0.2, 0) is 0 Å². The van der Waals surface area contributed by atoms with E-state index in [1.165, 1.54) is 6.42 Å². The number of hydrogen-bond acceptors (Lipinski definition) is 2. The molecule has 0 radical (unpaired) electrons. The van der Waals surface area contributed by atoms with Crippen molar-refractivity contribution >= 4 is 0 Å². The summed E-state index contributed by atoms with van der Waals surface area (Å²) in [5.41, 5.74) is -0.0194. The lowest BCUT2D eigenvalue weighted by molar-refractivity contribution is 0.103. The zero-order chi connectivity index (χ0) is 17.6. The molecular formula is C20H27N3O2. The zero-order valence-corrected chi connectivity index (χ0v) is 15.3. The van der Waals surface area contributed by atoms with Crippen LogP contribution in [0.25, 0.3) is 0 Å². The SMILES string of the molecule is CC1(C)C2CCC1(C)C(n1c(=O)n3n(c1=O)C1C=CC3/C=C\CC1)C2. The van der Waals surface area contributed by atoms with Crippen molar-refractivity contribution in [3.63, 3.8) is 0 Å². The van der Waals surface area contributed by atoms with Crippen LogP contribution in [0.2, 0.25) is 0 Å². The molecule has 25 heavy (non-hydrogen) atoms. The number of rotatable bonds is 1. The van der Waals surface area contributed by atoms with E-state index in [9.17, 15) is 9.59 Å². The highest BCUT2D eigenvalue weighted by atomic mass is 16.2. The summed E-state index contributed by atoms with van der Waals surface area (Å²) in [4.78, 5) is 26.7. The first-order valence-electron chi connectivity index (χ1n) is 9.67. The molecule has 1 aromatic rings. The van der Waals surface area contributed by atoms with Crippen LogP contribution in [0.3, 0.4) is 0 Å². The van der Waals surface area contributed by atoms with Crippen LogP contribution < -0.4 is 11.4 Å². The molecule has 0 spiro atoms. The van der Waals surface area contributed by atoms with Crippen molar-refractivity contribution in [2.24, 2.45) is 16.7 Å². The lowest BCUT2D eigenvalue weighted by atomic mass is 9.69. The van der Waals surface area contributed by atoms with Crippen molar-refractivity contribution in [3.8, 4) is 0 Å². The maximum atomic E-state index is 13.4.